The molecule has 0 unspecified atom stereocenters. The average molecular weight is 483 g/mol. The minimum absolute atomic E-state index is 0.123. The fraction of sp³-hybridized carbons (Fsp3) is 0.182. The van der Waals surface area contributed by atoms with Crippen LogP contribution in [0.25, 0.3) is 0 Å². The van der Waals surface area contributed by atoms with Gasteiger partial charge in [-0.1, -0.05) is 47.5 Å². The highest BCUT2D eigenvalue weighted by Crippen LogP contribution is 2.34. The minimum atomic E-state index is -4.05. The normalized spacial score (nSPS) is 15.3. The van der Waals surface area contributed by atoms with Crippen LogP contribution >= 0.6 is 23.2 Å². The van der Waals surface area contributed by atoms with E-state index in [0.29, 0.717) is 29.2 Å². The fourth-order valence-corrected chi connectivity index (χ4v) is 5.18. The lowest BCUT2D eigenvalue weighted by Gasteiger charge is -2.44. The molecule has 0 aromatic heterocycles. The number of hydrogen-bond acceptors (Lipinski definition) is 3. The summed E-state index contributed by atoms with van der Waals surface area (Å²) in [5.74, 6) is -1.89. The van der Waals surface area contributed by atoms with Crippen LogP contribution in [-0.2, 0) is 10.0 Å². The van der Waals surface area contributed by atoms with E-state index in [2.05, 4.69) is 9.62 Å². The van der Waals surface area contributed by atoms with Crippen LogP contribution in [0, 0.1) is 11.6 Å². The van der Waals surface area contributed by atoms with E-state index in [9.17, 15) is 17.2 Å². The molecule has 31 heavy (non-hydrogen) atoms. The van der Waals surface area contributed by atoms with Crippen LogP contribution in [-0.4, -0.2) is 32.4 Å². The summed E-state index contributed by atoms with van der Waals surface area (Å²) in [6.45, 7) is 0.847. The van der Waals surface area contributed by atoms with Crippen LogP contribution in [0.2, 0.25) is 10.0 Å². The maximum atomic E-state index is 13.4. The smallest absolute Gasteiger partial charge is 0.241 e. The summed E-state index contributed by atoms with van der Waals surface area (Å²) < 4.78 is 54.5. The number of nitrogens with zero attached hydrogens (tertiary/aromatic N) is 1. The summed E-state index contributed by atoms with van der Waals surface area (Å²) in [6.07, 6.45) is 0. The third-order valence-electron chi connectivity index (χ3n) is 5.11. The molecule has 1 aliphatic heterocycles. The lowest BCUT2D eigenvalue weighted by Crippen LogP contribution is -2.60. The summed E-state index contributed by atoms with van der Waals surface area (Å²) in [5.41, 5.74) is 2.00. The molecule has 0 atom stereocenters. The van der Waals surface area contributed by atoms with E-state index in [4.69, 9.17) is 23.2 Å². The molecule has 1 N–H and O–H groups in total. The Kier molecular flexibility index (Phi) is 6.32. The van der Waals surface area contributed by atoms with E-state index < -0.39 is 32.6 Å². The van der Waals surface area contributed by atoms with Gasteiger partial charge in [0.15, 0.2) is 0 Å². The van der Waals surface area contributed by atoms with E-state index in [1.807, 2.05) is 24.3 Å². The van der Waals surface area contributed by atoms with Crippen molar-refractivity contribution in [2.75, 3.05) is 13.1 Å². The van der Waals surface area contributed by atoms with Gasteiger partial charge < -0.3 is 0 Å². The molecule has 162 valence electrons. The van der Waals surface area contributed by atoms with Crippen molar-refractivity contribution in [1.82, 2.24) is 9.62 Å². The number of benzene rings is 3. The van der Waals surface area contributed by atoms with Crippen molar-refractivity contribution in [2.24, 2.45) is 0 Å². The lowest BCUT2D eigenvalue weighted by molar-refractivity contribution is 0.105. The second kappa shape index (κ2) is 8.84. The summed E-state index contributed by atoms with van der Waals surface area (Å²) in [7, 11) is -4.05. The zero-order chi connectivity index (χ0) is 22.2. The summed E-state index contributed by atoms with van der Waals surface area (Å²) in [5, 5.41) is 1.24. The Hall–Kier alpha value is -2.03. The third kappa shape index (κ3) is 5.07. The third-order valence-corrected chi connectivity index (χ3v) is 7.12. The van der Waals surface area contributed by atoms with Gasteiger partial charge in [-0.05, 0) is 47.5 Å². The molecule has 0 aliphatic carbocycles. The van der Waals surface area contributed by atoms with E-state index in [1.54, 1.807) is 24.3 Å². The molecule has 3 aromatic rings. The maximum Gasteiger partial charge on any atom is 0.241 e. The Morgan fingerprint density at radius 2 is 1.29 bits per heavy atom. The molecule has 0 radical (unpaired) electrons. The Morgan fingerprint density at radius 3 is 1.74 bits per heavy atom. The van der Waals surface area contributed by atoms with Crippen LogP contribution < -0.4 is 4.72 Å². The first-order valence-electron chi connectivity index (χ1n) is 9.45. The van der Waals surface area contributed by atoms with Crippen molar-refractivity contribution in [3.05, 3.63) is 99.5 Å². The van der Waals surface area contributed by atoms with Gasteiger partial charge in [0, 0.05) is 35.2 Å². The number of sulfonamides is 1. The van der Waals surface area contributed by atoms with E-state index >= 15 is 0 Å². The monoisotopic (exact) mass is 482 g/mol. The quantitative estimate of drug-likeness (QED) is 0.536. The Bertz CT molecular complexity index is 1120. The standard InChI is InChI=1S/C22H18Cl2F2N2O2S/c23-16-5-1-14(2-6-16)22(15-3-7-17(24)8-4-15)28-12-20(13-28)27-31(29,30)21-10-18(25)9-19(26)11-21/h1-11,20,22,27H,12-13H2. The highest BCUT2D eigenvalue weighted by atomic mass is 35.5. The van der Waals surface area contributed by atoms with Gasteiger partial charge in [0.1, 0.15) is 11.6 Å². The first kappa shape index (κ1) is 22.2. The Morgan fingerprint density at radius 1 is 0.839 bits per heavy atom. The van der Waals surface area contributed by atoms with Crippen LogP contribution in [0.15, 0.2) is 71.6 Å². The zero-order valence-electron chi connectivity index (χ0n) is 16.1. The molecule has 0 bridgehead atoms. The fourth-order valence-electron chi connectivity index (χ4n) is 3.67. The zero-order valence-corrected chi connectivity index (χ0v) is 18.4. The molecule has 4 rings (SSSR count). The van der Waals surface area contributed by atoms with Crippen LogP contribution in [0.3, 0.4) is 0 Å². The molecule has 0 amide bonds. The molecule has 3 aromatic carbocycles. The minimum Gasteiger partial charge on any atom is -0.289 e. The van der Waals surface area contributed by atoms with Gasteiger partial charge in [-0.3, -0.25) is 4.90 Å². The largest absolute Gasteiger partial charge is 0.289 e. The highest BCUT2D eigenvalue weighted by Gasteiger charge is 2.36. The van der Waals surface area contributed by atoms with Crippen molar-refractivity contribution in [1.29, 1.82) is 0 Å². The molecule has 9 heteroatoms. The van der Waals surface area contributed by atoms with Crippen LogP contribution in [0.5, 0.6) is 0 Å². The molecule has 1 saturated heterocycles. The number of halogens is 4. The predicted molar refractivity (Wildman–Crippen MR) is 117 cm³/mol. The number of hydrogen-bond donors (Lipinski definition) is 1. The topological polar surface area (TPSA) is 49.4 Å². The van der Waals surface area contributed by atoms with Gasteiger partial charge in [0.05, 0.1) is 10.9 Å². The van der Waals surface area contributed by atoms with Gasteiger partial charge >= 0.3 is 0 Å². The Labute approximate surface area is 189 Å². The van der Waals surface area contributed by atoms with E-state index in [1.165, 1.54) is 0 Å². The van der Waals surface area contributed by atoms with Gasteiger partial charge in [-0.2, -0.15) is 0 Å². The van der Waals surface area contributed by atoms with E-state index in [-0.39, 0.29) is 6.04 Å². The molecule has 1 fully saturated rings. The van der Waals surface area contributed by atoms with Crippen LogP contribution in [0.1, 0.15) is 17.2 Å². The maximum absolute atomic E-state index is 13.4. The molecular weight excluding hydrogens is 465 g/mol. The van der Waals surface area contributed by atoms with Crippen molar-refractivity contribution in [2.45, 2.75) is 17.0 Å². The summed E-state index contributed by atoms with van der Waals surface area (Å²) >= 11 is 12.1. The number of rotatable bonds is 6. The van der Waals surface area contributed by atoms with Gasteiger partial charge in [-0.25, -0.2) is 21.9 Å². The van der Waals surface area contributed by atoms with Crippen LogP contribution in [0.4, 0.5) is 8.78 Å². The highest BCUT2D eigenvalue weighted by molar-refractivity contribution is 7.89. The van der Waals surface area contributed by atoms with Gasteiger partial charge in [0.25, 0.3) is 0 Å². The van der Waals surface area contributed by atoms with Gasteiger partial charge in [0.2, 0.25) is 10.0 Å². The molecule has 4 nitrogen and oxygen atoms in total. The van der Waals surface area contributed by atoms with Crippen molar-refractivity contribution in [3.8, 4) is 0 Å². The molecule has 1 aliphatic rings. The molecule has 0 spiro atoms. The summed E-state index contributed by atoms with van der Waals surface area (Å²) in [6, 6.07) is 16.6. The van der Waals surface area contributed by atoms with Crippen molar-refractivity contribution < 1.29 is 17.2 Å². The first-order chi connectivity index (χ1) is 14.7. The van der Waals surface area contributed by atoms with Gasteiger partial charge in [-0.15, -0.1) is 0 Å². The average Bonchev–Trinajstić information content (AvgIpc) is 2.68. The predicted octanol–water partition coefficient (Wildman–Crippen LogP) is 5.02. The lowest BCUT2D eigenvalue weighted by atomic mass is 9.93. The van der Waals surface area contributed by atoms with E-state index in [0.717, 1.165) is 23.3 Å². The molecular formula is C22H18Cl2F2N2O2S. The SMILES string of the molecule is O=S(=O)(NC1CN(C(c2ccc(Cl)cc2)c2ccc(Cl)cc2)C1)c1cc(F)cc(F)c1. The van der Waals surface area contributed by atoms with Crippen molar-refractivity contribution >= 4 is 33.2 Å². The van der Waals surface area contributed by atoms with Crippen molar-refractivity contribution in [3.63, 3.8) is 0 Å². The first-order valence-corrected chi connectivity index (χ1v) is 11.7. The Balaban J connectivity index is 1.52. The molecule has 1 heterocycles. The molecule has 0 saturated carbocycles. The number of likely N-dealkylation sites (tertiary alicyclic amines) is 1. The second-order valence-corrected chi connectivity index (χ2v) is 9.97. The second-order valence-electron chi connectivity index (χ2n) is 7.38. The number of nitrogens with one attached hydrogen (secondary N) is 1. The summed E-state index contributed by atoms with van der Waals surface area (Å²) in [4.78, 5) is 1.67.